The van der Waals surface area contributed by atoms with Crippen LogP contribution in [0.2, 0.25) is 0 Å². The molecular weight excluding hydrogens is 628 g/mol. The molecule has 2 saturated heterocycles. The number of aliphatic hydroxyl groups is 1. The fourth-order valence-electron chi connectivity index (χ4n) is 6.56. The van der Waals surface area contributed by atoms with Gasteiger partial charge in [-0.3, -0.25) is 14.5 Å². The number of piperidine rings is 1. The molecule has 1 amide bonds. The minimum Gasteiger partial charge on any atom is -0.506 e. The van der Waals surface area contributed by atoms with Gasteiger partial charge in [0.15, 0.2) is 5.01 Å². The summed E-state index contributed by atoms with van der Waals surface area (Å²) in [7, 11) is 0. The Labute approximate surface area is 275 Å². The molecule has 2 aromatic carbocycles. The number of benzene rings is 2. The maximum atomic E-state index is 14.6. The summed E-state index contributed by atoms with van der Waals surface area (Å²) in [5.74, 6) is 0.0734. The number of hydrogen-bond acceptors (Lipinski definition) is 9. The van der Waals surface area contributed by atoms with Crippen molar-refractivity contribution >= 4 is 38.8 Å². The Morgan fingerprint density at radius 2 is 1.91 bits per heavy atom. The maximum absolute atomic E-state index is 14.6. The second-order valence-electron chi connectivity index (χ2n) is 12.9. The number of halogens is 1. The van der Waals surface area contributed by atoms with Crippen molar-refractivity contribution in [1.29, 1.82) is 0 Å². The van der Waals surface area contributed by atoms with Crippen LogP contribution in [0, 0.1) is 5.82 Å². The fraction of sp³-hybridized carbons (Fsp3) is 0.500. The Morgan fingerprint density at radius 1 is 1.13 bits per heavy atom. The van der Waals surface area contributed by atoms with Gasteiger partial charge in [0.25, 0.3) is 5.91 Å². The summed E-state index contributed by atoms with van der Waals surface area (Å²) in [6.45, 7) is 8.13. The quantitative estimate of drug-likeness (QED) is 0.178. The van der Waals surface area contributed by atoms with Crippen LogP contribution in [0.25, 0.3) is 10.2 Å². The molecule has 0 aliphatic carbocycles. The van der Waals surface area contributed by atoms with E-state index >= 15 is 0 Å². The third-order valence-electron chi connectivity index (χ3n) is 9.14. The lowest BCUT2D eigenvalue weighted by molar-refractivity contribution is -0.127. The zero-order valence-electron chi connectivity index (χ0n) is 26.3. The molecule has 0 unspecified atom stereocenters. The second-order valence-corrected chi connectivity index (χ2v) is 14.9. The van der Waals surface area contributed by atoms with Crippen molar-refractivity contribution in [3.8, 4) is 5.75 Å². The first-order chi connectivity index (χ1) is 22.1. The van der Waals surface area contributed by atoms with Crippen molar-refractivity contribution in [1.82, 2.24) is 19.8 Å². The van der Waals surface area contributed by atoms with Gasteiger partial charge < -0.3 is 24.8 Å². The standard InChI is InChI=1S/C34H41FN4O5S2/c1-21(2)28-18-36-31(45-28)32(42)39-13-14-44-34(20-39)9-11-38(12-10-34)19-23-15-22(16-24(35)17-23)5-3-4-6-26(40)25-7-8-27(41)29-30(25)46-33(43)37-29/h7-8,15-18,21,26,40-41H,3-6,9-14,19-20H2,1-2H3,(H,37,43)/t26-/m0/s1. The number of unbranched alkanes of at least 4 members (excludes halogenated alkanes) is 1. The number of aromatic hydroxyl groups is 1. The van der Waals surface area contributed by atoms with Gasteiger partial charge in [0.2, 0.25) is 0 Å². The first-order valence-electron chi connectivity index (χ1n) is 16.0. The third kappa shape index (κ3) is 7.36. The van der Waals surface area contributed by atoms with Gasteiger partial charge in [0.1, 0.15) is 17.1 Å². The number of ether oxygens (including phenoxy) is 1. The Hall–Kier alpha value is -3.16. The number of H-pyrrole nitrogens is 1. The van der Waals surface area contributed by atoms with Gasteiger partial charge in [-0.05, 0) is 67.3 Å². The lowest BCUT2D eigenvalue weighted by atomic mass is 9.89. The summed E-state index contributed by atoms with van der Waals surface area (Å²) >= 11 is 2.46. The van der Waals surface area contributed by atoms with Crippen LogP contribution < -0.4 is 4.87 Å². The molecular formula is C34H41FN4O5S2. The lowest BCUT2D eigenvalue weighted by Gasteiger charge is -2.47. The summed E-state index contributed by atoms with van der Waals surface area (Å²) in [4.78, 5) is 37.1. The number of likely N-dealkylation sites (tertiary alicyclic amines) is 1. The van der Waals surface area contributed by atoms with Gasteiger partial charge in [0, 0.05) is 42.8 Å². The van der Waals surface area contributed by atoms with E-state index in [1.165, 1.54) is 17.4 Å². The van der Waals surface area contributed by atoms with Crippen LogP contribution in [0.4, 0.5) is 4.39 Å². The van der Waals surface area contributed by atoms with Gasteiger partial charge in [0.05, 0.1) is 29.6 Å². The van der Waals surface area contributed by atoms with Crippen LogP contribution in [0.5, 0.6) is 5.75 Å². The third-order valence-corrected chi connectivity index (χ3v) is 11.4. The highest BCUT2D eigenvalue weighted by atomic mass is 32.1. The number of aliphatic hydroxyl groups excluding tert-OH is 1. The zero-order chi connectivity index (χ0) is 32.4. The summed E-state index contributed by atoms with van der Waals surface area (Å²) in [5, 5.41) is 21.4. The molecule has 2 aromatic heterocycles. The van der Waals surface area contributed by atoms with Gasteiger partial charge in [-0.25, -0.2) is 9.37 Å². The number of fused-ring (bicyclic) bond motifs is 1. The van der Waals surface area contributed by atoms with E-state index < -0.39 is 6.10 Å². The summed E-state index contributed by atoms with van der Waals surface area (Å²) in [6.07, 6.45) is 5.37. The fourth-order valence-corrected chi connectivity index (χ4v) is 8.37. The van der Waals surface area contributed by atoms with Crippen LogP contribution in [0.1, 0.15) is 89.3 Å². The number of nitrogens with one attached hydrogen (secondary N) is 1. The van der Waals surface area contributed by atoms with E-state index in [1.54, 1.807) is 18.2 Å². The van der Waals surface area contributed by atoms with E-state index in [0.717, 1.165) is 66.1 Å². The minimum atomic E-state index is -0.761. The second kappa shape index (κ2) is 13.9. The molecule has 12 heteroatoms. The smallest absolute Gasteiger partial charge is 0.305 e. The van der Waals surface area contributed by atoms with Crippen LogP contribution in [0.15, 0.2) is 41.3 Å². The number of nitrogens with zero attached hydrogens (tertiary/aromatic N) is 3. The maximum Gasteiger partial charge on any atom is 0.305 e. The number of aromatic nitrogens is 2. The van der Waals surface area contributed by atoms with Crippen molar-refractivity contribution in [2.24, 2.45) is 0 Å². The number of carbonyl (C=O) groups is 1. The monoisotopic (exact) mass is 668 g/mol. The number of morpholine rings is 1. The molecule has 2 fully saturated rings. The number of hydrogen-bond donors (Lipinski definition) is 3. The van der Waals surface area contributed by atoms with Crippen molar-refractivity contribution in [2.45, 2.75) is 76.5 Å². The molecule has 46 heavy (non-hydrogen) atoms. The summed E-state index contributed by atoms with van der Waals surface area (Å²) in [6, 6.07) is 8.41. The highest BCUT2D eigenvalue weighted by molar-refractivity contribution is 7.16. The Kier molecular flexibility index (Phi) is 9.91. The van der Waals surface area contributed by atoms with E-state index in [4.69, 9.17) is 4.74 Å². The normalized spacial score (nSPS) is 17.7. The van der Waals surface area contributed by atoms with Gasteiger partial charge in [-0.2, -0.15) is 0 Å². The predicted molar refractivity (Wildman–Crippen MR) is 178 cm³/mol. The van der Waals surface area contributed by atoms with E-state index in [0.29, 0.717) is 65.8 Å². The lowest BCUT2D eigenvalue weighted by Crippen LogP contribution is -2.57. The molecule has 246 valence electrons. The molecule has 0 radical (unpaired) electrons. The minimum absolute atomic E-state index is 0.0107. The topological polar surface area (TPSA) is 119 Å². The largest absolute Gasteiger partial charge is 0.506 e. The highest BCUT2D eigenvalue weighted by Crippen LogP contribution is 2.34. The predicted octanol–water partition coefficient (Wildman–Crippen LogP) is 5.97. The van der Waals surface area contributed by atoms with Crippen molar-refractivity contribution in [3.63, 3.8) is 0 Å². The highest BCUT2D eigenvalue weighted by Gasteiger charge is 2.41. The molecule has 0 bridgehead atoms. The molecule has 3 N–H and O–H groups in total. The van der Waals surface area contributed by atoms with Crippen LogP contribution >= 0.6 is 22.7 Å². The SMILES string of the molecule is CC(C)c1cnc(C(=O)N2CCOC3(CCN(Cc4cc(F)cc(CCCC[C@H](O)c5ccc(O)c6[nH]c(=O)sc56)c4)CC3)C2)s1. The number of aryl methyl sites for hydroxylation is 1. The Balaban J connectivity index is 0.989. The first-order valence-corrected chi connectivity index (χ1v) is 17.6. The summed E-state index contributed by atoms with van der Waals surface area (Å²) < 4.78 is 21.5. The molecule has 0 saturated carbocycles. The van der Waals surface area contributed by atoms with Gasteiger partial charge in [-0.1, -0.05) is 43.7 Å². The van der Waals surface area contributed by atoms with E-state index in [-0.39, 0.29) is 27.9 Å². The van der Waals surface area contributed by atoms with Crippen molar-refractivity contribution in [3.05, 3.63) is 78.6 Å². The zero-order valence-corrected chi connectivity index (χ0v) is 27.9. The number of carbonyl (C=O) groups excluding carboxylic acids is 1. The number of amides is 1. The Morgan fingerprint density at radius 3 is 2.67 bits per heavy atom. The van der Waals surface area contributed by atoms with E-state index in [1.807, 2.05) is 11.1 Å². The van der Waals surface area contributed by atoms with Gasteiger partial charge in [-0.15, -0.1) is 11.3 Å². The van der Waals surface area contributed by atoms with Gasteiger partial charge >= 0.3 is 4.87 Å². The number of aromatic amines is 1. The molecule has 2 aliphatic rings. The number of thiazole rings is 2. The van der Waals surface area contributed by atoms with Crippen LogP contribution in [-0.2, 0) is 17.7 Å². The Bertz CT molecular complexity index is 1740. The molecule has 1 spiro atoms. The molecule has 4 heterocycles. The van der Waals surface area contributed by atoms with Crippen LogP contribution in [0.3, 0.4) is 0 Å². The molecule has 9 nitrogen and oxygen atoms in total. The molecule has 4 aromatic rings. The first kappa shape index (κ1) is 32.8. The molecule has 2 aliphatic heterocycles. The molecule has 1 atom stereocenters. The number of phenolic OH excluding ortho intramolecular Hbond substituents is 1. The van der Waals surface area contributed by atoms with Crippen LogP contribution in [-0.4, -0.2) is 74.3 Å². The van der Waals surface area contributed by atoms with Crippen molar-refractivity contribution < 1.29 is 24.1 Å². The number of rotatable bonds is 10. The van der Waals surface area contributed by atoms with Crippen molar-refractivity contribution in [2.75, 3.05) is 32.8 Å². The number of phenols is 1. The average Bonchev–Trinajstić information content (AvgIpc) is 3.68. The van der Waals surface area contributed by atoms with E-state index in [9.17, 15) is 24.2 Å². The summed E-state index contributed by atoms with van der Waals surface area (Å²) in [5.41, 5.74) is 2.50. The molecule has 6 rings (SSSR count). The average molecular weight is 669 g/mol. The van der Waals surface area contributed by atoms with E-state index in [2.05, 4.69) is 34.8 Å².